The van der Waals surface area contributed by atoms with E-state index in [-0.39, 0.29) is 11.1 Å². The van der Waals surface area contributed by atoms with Gasteiger partial charge < -0.3 is 14.6 Å². The van der Waals surface area contributed by atoms with Crippen LogP contribution in [0, 0.1) is 0 Å². The van der Waals surface area contributed by atoms with Crippen molar-refractivity contribution in [2.45, 2.75) is 19.9 Å². The Morgan fingerprint density at radius 3 is 2.81 bits per heavy atom. The topological polar surface area (TPSA) is 45.5 Å². The minimum absolute atomic E-state index is 0.134. The number of halogens is 1. The molecule has 16 heavy (non-hydrogen) atoms. The summed E-state index contributed by atoms with van der Waals surface area (Å²) in [5.74, 6) is -0.198. The Bertz CT molecular complexity index is 350. The summed E-state index contributed by atoms with van der Waals surface area (Å²) < 4.78 is 4.85. The van der Waals surface area contributed by atoms with Crippen LogP contribution in [-0.2, 0) is 0 Å². The number of rotatable bonds is 5. The van der Waals surface area contributed by atoms with E-state index < -0.39 is 0 Å². The SMILES string of the molecule is CC(C)N(C)CCNC(=O)c1ccoc1Cl. The van der Waals surface area contributed by atoms with Crippen molar-refractivity contribution in [3.05, 3.63) is 23.1 Å². The lowest BCUT2D eigenvalue weighted by atomic mass is 10.3. The van der Waals surface area contributed by atoms with Crippen molar-refractivity contribution in [2.24, 2.45) is 0 Å². The second-order valence-corrected chi connectivity index (χ2v) is 4.28. The zero-order chi connectivity index (χ0) is 12.1. The van der Waals surface area contributed by atoms with E-state index in [4.69, 9.17) is 16.0 Å². The summed E-state index contributed by atoms with van der Waals surface area (Å²) >= 11 is 5.69. The fourth-order valence-electron chi connectivity index (χ4n) is 1.15. The highest BCUT2D eigenvalue weighted by Gasteiger charge is 2.12. The molecule has 1 aromatic rings. The molecule has 0 bridgehead atoms. The maximum atomic E-state index is 11.6. The minimum atomic E-state index is -0.198. The van der Waals surface area contributed by atoms with Crippen LogP contribution in [0.2, 0.25) is 5.22 Å². The Morgan fingerprint density at radius 2 is 2.31 bits per heavy atom. The molecule has 1 aromatic heterocycles. The highest BCUT2D eigenvalue weighted by Crippen LogP contribution is 2.15. The predicted octanol–water partition coefficient (Wildman–Crippen LogP) is 2.00. The number of nitrogens with zero attached hydrogens (tertiary/aromatic N) is 1. The molecule has 0 fully saturated rings. The highest BCUT2D eigenvalue weighted by atomic mass is 35.5. The normalized spacial score (nSPS) is 11.1. The molecule has 5 heteroatoms. The molecule has 0 spiro atoms. The molecule has 0 unspecified atom stereocenters. The van der Waals surface area contributed by atoms with Crippen molar-refractivity contribution in [1.82, 2.24) is 10.2 Å². The molecule has 1 N–H and O–H groups in total. The van der Waals surface area contributed by atoms with Gasteiger partial charge in [0, 0.05) is 19.1 Å². The summed E-state index contributed by atoms with van der Waals surface area (Å²) in [7, 11) is 2.02. The Morgan fingerprint density at radius 1 is 1.62 bits per heavy atom. The molecule has 0 aliphatic carbocycles. The minimum Gasteiger partial charge on any atom is -0.452 e. The number of hydrogen-bond donors (Lipinski definition) is 1. The van der Waals surface area contributed by atoms with E-state index in [0.29, 0.717) is 18.2 Å². The van der Waals surface area contributed by atoms with Crippen molar-refractivity contribution in [3.8, 4) is 0 Å². The van der Waals surface area contributed by atoms with Crippen LogP contribution in [0.5, 0.6) is 0 Å². The van der Waals surface area contributed by atoms with E-state index in [1.165, 1.54) is 6.26 Å². The summed E-state index contributed by atoms with van der Waals surface area (Å²) in [6.45, 7) is 5.61. The van der Waals surface area contributed by atoms with Gasteiger partial charge in [-0.15, -0.1) is 0 Å². The Kier molecular flexibility index (Phi) is 4.83. The third-order valence-corrected chi connectivity index (χ3v) is 2.79. The molecular formula is C11H17ClN2O2. The van der Waals surface area contributed by atoms with Gasteiger partial charge in [0.15, 0.2) is 0 Å². The van der Waals surface area contributed by atoms with Gasteiger partial charge in [-0.25, -0.2) is 0 Å². The first-order chi connectivity index (χ1) is 7.52. The van der Waals surface area contributed by atoms with Gasteiger partial charge in [-0.1, -0.05) is 0 Å². The smallest absolute Gasteiger partial charge is 0.256 e. The fraction of sp³-hybridized carbons (Fsp3) is 0.545. The van der Waals surface area contributed by atoms with Crippen molar-refractivity contribution in [2.75, 3.05) is 20.1 Å². The second-order valence-electron chi connectivity index (χ2n) is 3.94. The molecule has 1 heterocycles. The maximum absolute atomic E-state index is 11.6. The first-order valence-electron chi connectivity index (χ1n) is 5.23. The van der Waals surface area contributed by atoms with Crippen molar-refractivity contribution >= 4 is 17.5 Å². The van der Waals surface area contributed by atoms with Crippen LogP contribution in [0.25, 0.3) is 0 Å². The summed E-state index contributed by atoms with van der Waals surface area (Å²) in [5, 5.41) is 2.92. The van der Waals surface area contributed by atoms with Gasteiger partial charge >= 0.3 is 0 Å². The Balaban J connectivity index is 2.34. The van der Waals surface area contributed by atoms with Crippen LogP contribution in [0.4, 0.5) is 0 Å². The zero-order valence-corrected chi connectivity index (χ0v) is 10.5. The second kappa shape index (κ2) is 5.92. The molecule has 0 aliphatic rings. The maximum Gasteiger partial charge on any atom is 0.256 e. The third kappa shape index (κ3) is 3.54. The van der Waals surface area contributed by atoms with Gasteiger partial charge in [0.05, 0.1) is 11.8 Å². The number of likely N-dealkylation sites (N-methyl/N-ethyl adjacent to an activating group) is 1. The largest absolute Gasteiger partial charge is 0.452 e. The Labute approximate surface area is 101 Å². The van der Waals surface area contributed by atoms with Gasteiger partial charge in [-0.2, -0.15) is 0 Å². The van der Waals surface area contributed by atoms with Gasteiger partial charge in [0.1, 0.15) is 0 Å². The first-order valence-corrected chi connectivity index (χ1v) is 5.61. The standard InChI is InChI=1S/C11H17ClN2O2/c1-8(2)14(3)6-5-13-11(15)9-4-7-16-10(9)12/h4,7-8H,5-6H2,1-3H3,(H,13,15). The lowest BCUT2D eigenvalue weighted by Crippen LogP contribution is -2.36. The Hall–Kier alpha value is -1.00. The molecule has 4 nitrogen and oxygen atoms in total. The molecule has 0 aromatic carbocycles. The van der Waals surface area contributed by atoms with Crippen LogP contribution >= 0.6 is 11.6 Å². The number of nitrogens with one attached hydrogen (secondary N) is 1. The summed E-state index contributed by atoms with van der Waals surface area (Å²) in [6, 6.07) is 2.03. The number of carbonyl (C=O) groups is 1. The lowest BCUT2D eigenvalue weighted by molar-refractivity contribution is 0.0947. The van der Waals surface area contributed by atoms with E-state index in [1.807, 2.05) is 7.05 Å². The molecule has 0 saturated carbocycles. The van der Waals surface area contributed by atoms with Gasteiger partial charge in [0.25, 0.3) is 5.91 Å². The zero-order valence-electron chi connectivity index (χ0n) is 9.79. The molecule has 90 valence electrons. The fourth-order valence-corrected chi connectivity index (χ4v) is 1.36. The van der Waals surface area contributed by atoms with Gasteiger partial charge in [-0.05, 0) is 38.6 Å². The van der Waals surface area contributed by atoms with Crippen molar-refractivity contribution < 1.29 is 9.21 Å². The van der Waals surface area contributed by atoms with Crippen LogP contribution < -0.4 is 5.32 Å². The quantitative estimate of drug-likeness (QED) is 0.862. The number of furan rings is 1. The highest BCUT2D eigenvalue weighted by molar-refractivity contribution is 6.32. The van der Waals surface area contributed by atoms with Gasteiger partial charge in [-0.3, -0.25) is 4.79 Å². The number of amides is 1. The molecule has 0 saturated heterocycles. The average molecular weight is 245 g/mol. The number of hydrogen-bond acceptors (Lipinski definition) is 3. The predicted molar refractivity (Wildman–Crippen MR) is 63.8 cm³/mol. The van der Waals surface area contributed by atoms with E-state index in [9.17, 15) is 4.79 Å². The van der Waals surface area contributed by atoms with Crippen molar-refractivity contribution in [3.63, 3.8) is 0 Å². The molecule has 1 amide bonds. The van der Waals surface area contributed by atoms with Crippen LogP contribution in [0.15, 0.2) is 16.7 Å². The van der Waals surface area contributed by atoms with Crippen molar-refractivity contribution in [1.29, 1.82) is 0 Å². The summed E-state index contributed by atoms with van der Waals surface area (Å²) in [5.41, 5.74) is 0.383. The van der Waals surface area contributed by atoms with Crippen LogP contribution in [0.3, 0.4) is 0 Å². The monoisotopic (exact) mass is 244 g/mol. The summed E-state index contributed by atoms with van der Waals surface area (Å²) in [6.07, 6.45) is 1.40. The van der Waals surface area contributed by atoms with E-state index in [1.54, 1.807) is 6.07 Å². The first kappa shape index (κ1) is 13.1. The van der Waals surface area contributed by atoms with Crippen LogP contribution in [-0.4, -0.2) is 37.0 Å². The molecule has 0 radical (unpaired) electrons. The van der Waals surface area contributed by atoms with E-state index >= 15 is 0 Å². The molecular weight excluding hydrogens is 228 g/mol. The van der Waals surface area contributed by atoms with Crippen LogP contribution in [0.1, 0.15) is 24.2 Å². The third-order valence-electron chi connectivity index (χ3n) is 2.49. The lowest BCUT2D eigenvalue weighted by Gasteiger charge is -2.20. The average Bonchev–Trinajstić information content (AvgIpc) is 2.64. The molecule has 0 atom stereocenters. The van der Waals surface area contributed by atoms with Gasteiger partial charge in [0.2, 0.25) is 5.22 Å². The molecule has 0 aliphatic heterocycles. The molecule has 1 rings (SSSR count). The summed E-state index contributed by atoms with van der Waals surface area (Å²) in [4.78, 5) is 13.8. The number of carbonyl (C=O) groups excluding carboxylic acids is 1. The van der Waals surface area contributed by atoms with E-state index in [2.05, 4.69) is 24.1 Å². The van der Waals surface area contributed by atoms with E-state index in [0.717, 1.165) is 6.54 Å².